The van der Waals surface area contributed by atoms with Crippen molar-refractivity contribution in [2.75, 3.05) is 0 Å². The van der Waals surface area contributed by atoms with E-state index >= 15 is 0 Å². The largest absolute Gasteiger partial charge is 0.507 e. The Bertz CT molecular complexity index is 383. The van der Waals surface area contributed by atoms with Crippen LogP contribution in [-0.2, 0) is 18.3 Å². The van der Waals surface area contributed by atoms with Crippen LogP contribution in [0.2, 0.25) is 0 Å². The molecule has 0 bridgehead atoms. The van der Waals surface area contributed by atoms with Crippen molar-refractivity contribution >= 4 is 0 Å². The van der Waals surface area contributed by atoms with Crippen LogP contribution in [0.1, 0.15) is 56.9 Å². The summed E-state index contributed by atoms with van der Waals surface area (Å²) in [4.78, 5) is 0. The van der Waals surface area contributed by atoms with E-state index in [0.29, 0.717) is 5.75 Å². The molecule has 1 heteroatoms. The van der Waals surface area contributed by atoms with E-state index in [1.54, 1.807) is 0 Å². The van der Waals surface area contributed by atoms with E-state index in [-0.39, 0.29) is 5.41 Å². The van der Waals surface area contributed by atoms with Gasteiger partial charge in [0.25, 0.3) is 0 Å². The highest BCUT2D eigenvalue weighted by atomic mass is 16.3. The van der Waals surface area contributed by atoms with Gasteiger partial charge in [0.05, 0.1) is 0 Å². The SMILES string of the molecule is CCc1cc(C(C)(C)C)c(O)c(CC)c1C. The van der Waals surface area contributed by atoms with Crippen molar-refractivity contribution in [2.45, 2.75) is 59.8 Å². The smallest absolute Gasteiger partial charge is 0.122 e. The zero-order chi connectivity index (χ0) is 12.5. The molecule has 0 radical (unpaired) electrons. The molecule has 0 aliphatic rings. The molecule has 0 aliphatic carbocycles. The average molecular weight is 220 g/mol. The maximum absolute atomic E-state index is 10.3. The standard InChI is InChI=1S/C15H24O/c1-7-11-9-13(15(4,5)6)14(16)12(8-2)10(11)3/h9,16H,7-8H2,1-6H3. The van der Waals surface area contributed by atoms with Gasteiger partial charge in [0.15, 0.2) is 0 Å². The second-order valence-corrected chi connectivity index (χ2v) is 5.49. The van der Waals surface area contributed by atoms with Gasteiger partial charge in [-0.25, -0.2) is 0 Å². The Morgan fingerprint density at radius 1 is 1.12 bits per heavy atom. The highest BCUT2D eigenvalue weighted by Crippen LogP contribution is 2.37. The van der Waals surface area contributed by atoms with Gasteiger partial charge < -0.3 is 5.11 Å². The predicted molar refractivity (Wildman–Crippen MR) is 70.3 cm³/mol. The molecular formula is C15H24O. The molecule has 0 aromatic heterocycles. The van der Waals surface area contributed by atoms with Gasteiger partial charge in [0.2, 0.25) is 0 Å². The van der Waals surface area contributed by atoms with Crippen molar-refractivity contribution < 1.29 is 5.11 Å². The number of aromatic hydroxyl groups is 1. The molecule has 0 heterocycles. The Morgan fingerprint density at radius 2 is 1.69 bits per heavy atom. The third-order valence-corrected chi connectivity index (χ3v) is 3.34. The van der Waals surface area contributed by atoms with E-state index in [9.17, 15) is 5.11 Å². The molecule has 1 aromatic rings. The van der Waals surface area contributed by atoms with Crippen molar-refractivity contribution in [1.82, 2.24) is 0 Å². The van der Waals surface area contributed by atoms with Crippen molar-refractivity contribution in [2.24, 2.45) is 0 Å². The van der Waals surface area contributed by atoms with Gasteiger partial charge in [-0.2, -0.15) is 0 Å². The van der Waals surface area contributed by atoms with Crippen LogP contribution in [0.25, 0.3) is 0 Å². The van der Waals surface area contributed by atoms with Crippen molar-refractivity contribution in [3.05, 3.63) is 28.3 Å². The fourth-order valence-electron chi connectivity index (χ4n) is 2.26. The fraction of sp³-hybridized carbons (Fsp3) is 0.600. The second-order valence-electron chi connectivity index (χ2n) is 5.49. The molecule has 0 saturated heterocycles. The Kier molecular flexibility index (Phi) is 3.67. The van der Waals surface area contributed by atoms with Crippen LogP contribution in [0.3, 0.4) is 0 Å². The lowest BCUT2D eigenvalue weighted by Crippen LogP contribution is -2.13. The van der Waals surface area contributed by atoms with Crippen LogP contribution >= 0.6 is 0 Å². The third-order valence-electron chi connectivity index (χ3n) is 3.34. The van der Waals surface area contributed by atoms with E-state index in [0.717, 1.165) is 24.0 Å². The summed E-state index contributed by atoms with van der Waals surface area (Å²) in [5.74, 6) is 0.504. The fourth-order valence-corrected chi connectivity index (χ4v) is 2.26. The van der Waals surface area contributed by atoms with E-state index in [1.165, 1.54) is 11.1 Å². The van der Waals surface area contributed by atoms with Crippen molar-refractivity contribution in [3.63, 3.8) is 0 Å². The summed E-state index contributed by atoms with van der Waals surface area (Å²) in [6.45, 7) is 12.8. The maximum atomic E-state index is 10.3. The molecule has 1 nitrogen and oxygen atoms in total. The minimum atomic E-state index is 0.00558. The lowest BCUT2D eigenvalue weighted by Gasteiger charge is -2.24. The average Bonchev–Trinajstić information content (AvgIpc) is 2.17. The number of hydrogen-bond acceptors (Lipinski definition) is 1. The van der Waals surface area contributed by atoms with Crippen LogP contribution in [0.5, 0.6) is 5.75 Å². The molecule has 0 fully saturated rings. The van der Waals surface area contributed by atoms with Crippen LogP contribution in [0.15, 0.2) is 6.07 Å². The molecule has 0 aliphatic heterocycles. The summed E-state index contributed by atoms with van der Waals surface area (Å²) in [6.07, 6.45) is 1.93. The zero-order valence-electron chi connectivity index (χ0n) is 11.4. The summed E-state index contributed by atoms with van der Waals surface area (Å²) in [5.41, 5.74) is 4.82. The van der Waals surface area contributed by atoms with Gasteiger partial charge in [-0.15, -0.1) is 0 Å². The maximum Gasteiger partial charge on any atom is 0.122 e. The molecular weight excluding hydrogens is 196 g/mol. The molecule has 0 atom stereocenters. The van der Waals surface area contributed by atoms with Gasteiger partial charge in [-0.05, 0) is 47.4 Å². The molecule has 0 unspecified atom stereocenters. The van der Waals surface area contributed by atoms with Gasteiger partial charge >= 0.3 is 0 Å². The number of aryl methyl sites for hydroxylation is 1. The highest BCUT2D eigenvalue weighted by molar-refractivity contribution is 5.51. The number of phenols is 1. The molecule has 1 N–H and O–H groups in total. The Balaban J connectivity index is 3.53. The summed E-state index contributed by atoms with van der Waals surface area (Å²) in [7, 11) is 0. The lowest BCUT2D eigenvalue weighted by molar-refractivity contribution is 0.439. The summed E-state index contributed by atoms with van der Waals surface area (Å²) in [6, 6.07) is 2.17. The molecule has 0 amide bonds. The Labute approximate surface area is 99.5 Å². The lowest BCUT2D eigenvalue weighted by atomic mass is 9.81. The number of benzene rings is 1. The molecule has 0 spiro atoms. The Morgan fingerprint density at radius 3 is 2.06 bits per heavy atom. The topological polar surface area (TPSA) is 20.2 Å². The first-order valence-electron chi connectivity index (χ1n) is 6.17. The van der Waals surface area contributed by atoms with E-state index in [4.69, 9.17) is 0 Å². The number of hydrogen-bond donors (Lipinski definition) is 1. The van der Waals surface area contributed by atoms with Gasteiger partial charge in [-0.1, -0.05) is 40.7 Å². The minimum absolute atomic E-state index is 0.00558. The predicted octanol–water partition coefficient (Wildman–Crippen LogP) is 4.12. The number of phenolic OH excluding ortho intramolecular Hbond substituents is 1. The van der Waals surface area contributed by atoms with Crippen LogP contribution in [0, 0.1) is 6.92 Å². The summed E-state index contributed by atoms with van der Waals surface area (Å²) < 4.78 is 0. The zero-order valence-corrected chi connectivity index (χ0v) is 11.4. The summed E-state index contributed by atoms with van der Waals surface area (Å²) in [5, 5.41) is 10.3. The van der Waals surface area contributed by atoms with Crippen LogP contribution < -0.4 is 0 Å². The quantitative estimate of drug-likeness (QED) is 0.794. The first kappa shape index (κ1) is 13.1. The third kappa shape index (κ3) is 2.23. The Hall–Kier alpha value is -0.980. The molecule has 16 heavy (non-hydrogen) atoms. The minimum Gasteiger partial charge on any atom is -0.507 e. The normalized spacial score (nSPS) is 11.9. The van der Waals surface area contributed by atoms with Crippen LogP contribution in [-0.4, -0.2) is 5.11 Å². The van der Waals surface area contributed by atoms with Crippen molar-refractivity contribution in [1.29, 1.82) is 0 Å². The molecule has 1 rings (SSSR count). The van der Waals surface area contributed by atoms with Gasteiger partial charge in [0.1, 0.15) is 5.75 Å². The van der Waals surface area contributed by atoms with Crippen molar-refractivity contribution in [3.8, 4) is 5.75 Å². The van der Waals surface area contributed by atoms with Crippen LogP contribution in [0.4, 0.5) is 0 Å². The molecule has 90 valence electrons. The van der Waals surface area contributed by atoms with E-state index < -0.39 is 0 Å². The molecule has 0 saturated carbocycles. The monoisotopic (exact) mass is 220 g/mol. The first-order chi connectivity index (χ1) is 7.32. The highest BCUT2D eigenvalue weighted by Gasteiger charge is 2.22. The van der Waals surface area contributed by atoms with E-state index in [2.05, 4.69) is 47.6 Å². The first-order valence-corrected chi connectivity index (χ1v) is 6.17. The van der Waals surface area contributed by atoms with E-state index in [1.807, 2.05) is 0 Å². The van der Waals surface area contributed by atoms with Gasteiger partial charge in [-0.3, -0.25) is 0 Å². The second kappa shape index (κ2) is 4.48. The van der Waals surface area contributed by atoms with Gasteiger partial charge in [0, 0.05) is 0 Å². The molecule has 1 aromatic carbocycles. The summed E-state index contributed by atoms with van der Waals surface area (Å²) >= 11 is 0. The number of rotatable bonds is 2.